The third kappa shape index (κ3) is 5.07. The predicted molar refractivity (Wildman–Crippen MR) is 124 cm³/mol. The van der Waals surface area contributed by atoms with Gasteiger partial charge in [0.2, 0.25) is 15.9 Å². The van der Waals surface area contributed by atoms with Crippen molar-refractivity contribution >= 4 is 15.9 Å². The summed E-state index contributed by atoms with van der Waals surface area (Å²) in [6.45, 7) is 6.55. The van der Waals surface area contributed by atoms with Crippen LogP contribution < -0.4 is 14.8 Å². The second-order valence-electron chi connectivity index (χ2n) is 8.34. The standard InChI is InChI=1S/C24H32N2O5S/c1-16-11-17(2)23(18(3)12-16)32(28,29)26-10-6-7-20(15-26)24(27)25-14-19-8-9-21(30-4)22(13-19)31-5/h8-9,11-13,20H,6-7,10,14-15H2,1-5H3,(H,25,27)/t20-/m0/s1. The number of nitrogens with zero attached hydrogens (tertiary/aromatic N) is 1. The fourth-order valence-corrected chi connectivity index (χ4v) is 6.34. The lowest BCUT2D eigenvalue weighted by molar-refractivity contribution is -0.126. The van der Waals surface area contributed by atoms with Crippen LogP contribution in [-0.4, -0.2) is 45.9 Å². The zero-order valence-corrected chi connectivity index (χ0v) is 20.2. The molecule has 0 aliphatic carbocycles. The maximum atomic E-state index is 13.4. The van der Waals surface area contributed by atoms with Gasteiger partial charge in [0.1, 0.15) is 0 Å². The van der Waals surface area contributed by atoms with Crippen molar-refractivity contribution < 1.29 is 22.7 Å². The first-order valence-electron chi connectivity index (χ1n) is 10.7. The van der Waals surface area contributed by atoms with Crippen LogP contribution in [0, 0.1) is 26.7 Å². The van der Waals surface area contributed by atoms with Crippen molar-refractivity contribution in [2.75, 3.05) is 27.3 Å². The summed E-state index contributed by atoms with van der Waals surface area (Å²) in [5.74, 6) is 0.692. The van der Waals surface area contributed by atoms with E-state index in [4.69, 9.17) is 9.47 Å². The van der Waals surface area contributed by atoms with Gasteiger partial charge in [-0.3, -0.25) is 4.79 Å². The normalized spacial score (nSPS) is 17.1. The van der Waals surface area contributed by atoms with Crippen LogP contribution in [0.5, 0.6) is 11.5 Å². The summed E-state index contributed by atoms with van der Waals surface area (Å²) >= 11 is 0. The molecule has 0 aromatic heterocycles. The summed E-state index contributed by atoms with van der Waals surface area (Å²) in [6, 6.07) is 9.25. The molecule has 2 aromatic rings. The quantitative estimate of drug-likeness (QED) is 0.685. The number of carbonyl (C=O) groups is 1. The first kappa shape index (κ1) is 24.1. The molecule has 1 amide bonds. The number of amides is 1. The topological polar surface area (TPSA) is 84.9 Å². The third-order valence-electron chi connectivity index (χ3n) is 5.87. The van der Waals surface area contributed by atoms with E-state index < -0.39 is 10.0 Å². The number of piperidine rings is 1. The van der Waals surface area contributed by atoms with Crippen LogP contribution in [0.4, 0.5) is 0 Å². The molecule has 1 aliphatic heterocycles. The van der Waals surface area contributed by atoms with Gasteiger partial charge in [-0.05, 0) is 62.4 Å². The average Bonchev–Trinajstić information content (AvgIpc) is 2.76. The molecule has 2 aromatic carbocycles. The van der Waals surface area contributed by atoms with E-state index in [1.807, 2.05) is 45.0 Å². The van der Waals surface area contributed by atoms with Gasteiger partial charge in [-0.25, -0.2) is 8.42 Å². The molecule has 0 spiro atoms. The van der Waals surface area contributed by atoms with Gasteiger partial charge in [-0.2, -0.15) is 4.31 Å². The Kier molecular flexibility index (Phi) is 7.46. The number of methoxy groups -OCH3 is 2. The van der Waals surface area contributed by atoms with Crippen molar-refractivity contribution in [1.29, 1.82) is 0 Å². The van der Waals surface area contributed by atoms with Crippen LogP contribution in [-0.2, 0) is 21.4 Å². The minimum Gasteiger partial charge on any atom is -0.493 e. The second-order valence-corrected chi connectivity index (χ2v) is 10.2. The van der Waals surface area contributed by atoms with E-state index in [0.29, 0.717) is 42.3 Å². The van der Waals surface area contributed by atoms with E-state index in [0.717, 1.165) is 22.3 Å². The summed E-state index contributed by atoms with van der Waals surface area (Å²) < 4.78 is 38.8. The van der Waals surface area contributed by atoms with Crippen molar-refractivity contribution in [3.63, 3.8) is 0 Å². The van der Waals surface area contributed by atoms with Gasteiger partial charge < -0.3 is 14.8 Å². The number of benzene rings is 2. The molecule has 7 nitrogen and oxygen atoms in total. The van der Waals surface area contributed by atoms with Crippen molar-refractivity contribution in [2.45, 2.75) is 45.1 Å². The number of hydrogen-bond acceptors (Lipinski definition) is 5. The SMILES string of the molecule is COc1ccc(CNC(=O)[C@H]2CCCN(S(=O)(=O)c3c(C)cc(C)cc3C)C2)cc1OC. The summed E-state index contributed by atoms with van der Waals surface area (Å²) in [5, 5.41) is 2.94. The van der Waals surface area contributed by atoms with E-state index in [9.17, 15) is 13.2 Å². The van der Waals surface area contributed by atoms with Crippen LogP contribution in [0.25, 0.3) is 0 Å². The zero-order valence-electron chi connectivity index (χ0n) is 19.4. The Hall–Kier alpha value is -2.58. The van der Waals surface area contributed by atoms with Gasteiger partial charge in [-0.1, -0.05) is 23.8 Å². The van der Waals surface area contributed by atoms with Crippen LogP contribution in [0.1, 0.15) is 35.1 Å². The molecule has 174 valence electrons. The highest BCUT2D eigenvalue weighted by Crippen LogP contribution is 2.30. The monoisotopic (exact) mass is 460 g/mol. The number of sulfonamides is 1. The molecular weight excluding hydrogens is 428 g/mol. The minimum absolute atomic E-state index is 0.142. The molecule has 32 heavy (non-hydrogen) atoms. The number of aryl methyl sites for hydroxylation is 3. The molecule has 1 heterocycles. The molecule has 8 heteroatoms. The van der Waals surface area contributed by atoms with Gasteiger partial charge in [0.05, 0.1) is 25.0 Å². The van der Waals surface area contributed by atoms with Crippen molar-refractivity contribution in [3.8, 4) is 11.5 Å². The number of hydrogen-bond donors (Lipinski definition) is 1. The van der Waals surface area contributed by atoms with Gasteiger partial charge in [0.25, 0.3) is 0 Å². The maximum Gasteiger partial charge on any atom is 0.243 e. The summed E-state index contributed by atoms with van der Waals surface area (Å²) in [5.41, 5.74) is 3.39. The van der Waals surface area contributed by atoms with E-state index in [1.54, 1.807) is 20.3 Å². The Labute approximate surface area is 190 Å². The van der Waals surface area contributed by atoms with Crippen molar-refractivity contribution in [1.82, 2.24) is 9.62 Å². The van der Waals surface area contributed by atoms with Crippen molar-refractivity contribution in [2.24, 2.45) is 5.92 Å². The Morgan fingerprint density at radius 2 is 1.72 bits per heavy atom. The largest absolute Gasteiger partial charge is 0.493 e. The summed E-state index contributed by atoms with van der Waals surface area (Å²) in [7, 11) is -0.532. The molecule has 1 saturated heterocycles. The zero-order chi connectivity index (χ0) is 23.5. The maximum absolute atomic E-state index is 13.4. The molecule has 0 saturated carbocycles. The van der Waals surface area contributed by atoms with Gasteiger partial charge >= 0.3 is 0 Å². The fourth-order valence-electron chi connectivity index (χ4n) is 4.40. The van der Waals surface area contributed by atoms with E-state index in [-0.39, 0.29) is 18.4 Å². The molecule has 0 radical (unpaired) electrons. The molecule has 1 atom stereocenters. The number of nitrogens with one attached hydrogen (secondary N) is 1. The predicted octanol–water partition coefficient (Wildman–Crippen LogP) is 3.35. The molecular formula is C24H32N2O5S. The Bertz CT molecular complexity index is 1070. The lowest BCUT2D eigenvalue weighted by Gasteiger charge is -2.32. The third-order valence-corrected chi connectivity index (χ3v) is 8.04. The number of carbonyl (C=O) groups excluding carboxylic acids is 1. The fraction of sp³-hybridized carbons (Fsp3) is 0.458. The molecule has 0 bridgehead atoms. The van der Waals surface area contributed by atoms with Crippen LogP contribution >= 0.6 is 0 Å². The lowest BCUT2D eigenvalue weighted by Crippen LogP contribution is -2.45. The molecule has 0 unspecified atom stereocenters. The molecule has 1 N–H and O–H groups in total. The van der Waals surface area contributed by atoms with Crippen molar-refractivity contribution in [3.05, 3.63) is 52.6 Å². The first-order valence-corrected chi connectivity index (χ1v) is 12.2. The second kappa shape index (κ2) is 9.92. The van der Waals surface area contributed by atoms with Crippen LogP contribution in [0.3, 0.4) is 0 Å². The molecule has 3 rings (SSSR count). The highest BCUT2D eigenvalue weighted by atomic mass is 32.2. The van der Waals surface area contributed by atoms with Gasteiger partial charge in [-0.15, -0.1) is 0 Å². The summed E-state index contributed by atoms with van der Waals surface area (Å²) in [4.78, 5) is 13.2. The first-order chi connectivity index (χ1) is 15.2. The van der Waals surface area contributed by atoms with Gasteiger partial charge in [0.15, 0.2) is 11.5 Å². The van der Waals surface area contributed by atoms with Gasteiger partial charge in [0, 0.05) is 19.6 Å². The van der Waals surface area contributed by atoms with E-state index in [2.05, 4.69) is 5.32 Å². The molecule has 1 fully saturated rings. The van der Waals surface area contributed by atoms with Crippen LogP contribution in [0.2, 0.25) is 0 Å². The lowest BCUT2D eigenvalue weighted by atomic mass is 9.98. The average molecular weight is 461 g/mol. The smallest absolute Gasteiger partial charge is 0.243 e. The Morgan fingerprint density at radius 3 is 2.34 bits per heavy atom. The summed E-state index contributed by atoms with van der Waals surface area (Å²) in [6.07, 6.45) is 1.31. The molecule has 1 aliphatic rings. The minimum atomic E-state index is -3.67. The highest BCUT2D eigenvalue weighted by molar-refractivity contribution is 7.89. The Balaban J connectivity index is 1.70. The van der Waals surface area contributed by atoms with Crippen LogP contribution in [0.15, 0.2) is 35.2 Å². The number of ether oxygens (including phenoxy) is 2. The Morgan fingerprint density at radius 1 is 1.06 bits per heavy atom. The number of rotatable bonds is 7. The van der Waals surface area contributed by atoms with E-state index >= 15 is 0 Å². The van der Waals surface area contributed by atoms with E-state index in [1.165, 1.54) is 4.31 Å². The highest BCUT2D eigenvalue weighted by Gasteiger charge is 2.34.